The summed E-state index contributed by atoms with van der Waals surface area (Å²) in [6.45, 7) is 5.97. The number of aliphatic hydroxyl groups is 1. The molecular weight excluding hydrogens is 412 g/mol. The van der Waals surface area contributed by atoms with Gasteiger partial charge < -0.3 is 30.0 Å². The molecule has 2 amide bonds. The van der Waals surface area contributed by atoms with E-state index in [1.807, 2.05) is 12.1 Å². The van der Waals surface area contributed by atoms with Crippen molar-refractivity contribution in [3.63, 3.8) is 0 Å². The van der Waals surface area contributed by atoms with Crippen LogP contribution in [0.1, 0.15) is 36.7 Å². The summed E-state index contributed by atoms with van der Waals surface area (Å²) < 4.78 is 16.1. The number of carbonyl (C=O) groups is 2. The van der Waals surface area contributed by atoms with Gasteiger partial charge in [0.15, 0.2) is 11.5 Å². The number of hydrogen-bond acceptors (Lipinski definition) is 6. The molecule has 0 aromatic heterocycles. The van der Waals surface area contributed by atoms with Crippen LogP contribution in [-0.2, 0) is 10.2 Å². The van der Waals surface area contributed by atoms with Gasteiger partial charge in [0.05, 0.1) is 20.8 Å². The zero-order chi connectivity index (χ0) is 23.7. The highest BCUT2D eigenvalue weighted by molar-refractivity contribution is 5.96. The average Bonchev–Trinajstić information content (AvgIpc) is 2.78. The lowest BCUT2D eigenvalue weighted by Crippen LogP contribution is -2.41. The van der Waals surface area contributed by atoms with Gasteiger partial charge >= 0.3 is 0 Å². The Morgan fingerprint density at radius 3 is 2.09 bits per heavy atom. The number of rotatable bonds is 10. The molecule has 2 aromatic rings. The predicted octanol–water partition coefficient (Wildman–Crippen LogP) is 2.29. The maximum atomic E-state index is 12.2. The van der Waals surface area contributed by atoms with Gasteiger partial charge in [-0.3, -0.25) is 9.59 Å². The zero-order valence-electron chi connectivity index (χ0n) is 19.2. The summed E-state index contributed by atoms with van der Waals surface area (Å²) in [6.07, 6.45) is -0.964. The quantitative estimate of drug-likeness (QED) is 0.519. The highest BCUT2D eigenvalue weighted by Crippen LogP contribution is 2.36. The summed E-state index contributed by atoms with van der Waals surface area (Å²) in [5, 5.41) is 15.3. The van der Waals surface area contributed by atoms with Gasteiger partial charge in [0.2, 0.25) is 11.7 Å². The van der Waals surface area contributed by atoms with Crippen LogP contribution in [-0.4, -0.2) is 56.9 Å². The zero-order valence-corrected chi connectivity index (χ0v) is 19.2. The van der Waals surface area contributed by atoms with Crippen molar-refractivity contribution in [2.24, 2.45) is 0 Å². The molecule has 3 N–H and O–H groups in total. The van der Waals surface area contributed by atoms with E-state index in [1.165, 1.54) is 14.2 Å². The lowest BCUT2D eigenvalue weighted by atomic mass is 9.87. The topological polar surface area (TPSA) is 106 Å². The molecule has 32 heavy (non-hydrogen) atoms. The third-order valence-electron chi connectivity index (χ3n) is 4.76. The molecule has 1 atom stereocenters. The summed E-state index contributed by atoms with van der Waals surface area (Å²) in [5.41, 5.74) is 1.59. The second kappa shape index (κ2) is 11.4. The van der Waals surface area contributed by atoms with Gasteiger partial charge in [-0.2, -0.15) is 0 Å². The van der Waals surface area contributed by atoms with E-state index in [9.17, 15) is 14.7 Å². The first kappa shape index (κ1) is 25.0. The van der Waals surface area contributed by atoms with Crippen LogP contribution in [0.25, 0.3) is 0 Å². The first-order valence-corrected chi connectivity index (χ1v) is 10.3. The number of para-hydroxylation sites is 1. The molecule has 174 valence electrons. The molecule has 2 aromatic carbocycles. The van der Waals surface area contributed by atoms with Crippen LogP contribution in [0.4, 0.5) is 0 Å². The van der Waals surface area contributed by atoms with E-state index in [-0.39, 0.29) is 31.0 Å². The number of amides is 2. The Morgan fingerprint density at radius 2 is 1.56 bits per heavy atom. The molecule has 0 saturated heterocycles. The standard InChI is InChI=1S/C24H32N2O6/c1-24(2,3)17-11-9-16(10-12-17)23(29)26-14-21(28)25-13-18(27)15-32-22-19(30-4)7-6-8-20(22)31-5/h6-12,18,27H,13-15H2,1-5H3,(H,25,28)(H,26,29). The van der Waals surface area contributed by atoms with Gasteiger partial charge in [-0.15, -0.1) is 0 Å². The number of benzene rings is 2. The molecule has 0 aliphatic carbocycles. The lowest BCUT2D eigenvalue weighted by Gasteiger charge is -2.19. The molecule has 0 aliphatic rings. The van der Waals surface area contributed by atoms with Crippen molar-refractivity contribution in [2.75, 3.05) is 33.9 Å². The fourth-order valence-electron chi connectivity index (χ4n) is 2.88. The number of hydrogen-bond donors (Lipinski definition) is 3. The van der Waals surface area contributed by atoms with Gasteiger partial charge in [-0.05, 0) is 35.2 Å². The predicted molar refractivity (Wildman–Crippen MR) is 122 cm³/mol. The van der Waals surface area contributed by atoms with Crippen molar-refractivity contribution in [2.45, 2.75) is 32.3 Å². The molecular formula is C24H32N2O6. The average molecular weight is 445 g/mol. The Kier molecular flexibility index (Phi) is 8.90. The number of ether oxygens (including phenoxy) is 3. The summed E-state index contributed by atoms with van der Waals surface area (Å²) in [4.78, 5) is 24.3. The molecule has 1 unspecified atom stereocenters. The molecule has 0 bridgehead atoms. The Balaban J connectivity index is 1.77. The van der Waals surface area contributed by atoms with Crippen LogP contribution >= 0.6 is 0 Å². The molecule has 0 heterocycles. The minimum atomic E-state index is -0.964. The fourth-order valence-corrected chi connectivity index (χ4v) is 2.88. The molecule has 8 heteroatoms. The molecule has 0 spiro atoms. The third-order valence-corrected chi connectivity index (χ3v) is 4.76. The van der Waals surface area contributed by atoms with E-state index in [0.29, 0.717) is 22.8 Å². The minimum absolute atomic E-state index is 0.00375. The Labute approximate surface area is 188 Å². The monoisotopic (exact) mass is 444 g/mol. The second-order valence-electron chi connectivity index (χ2n) is 8.27. The fraction of sp³-hybridized carbons (Fsp3) is 0.417. The van der Waals surface area contributed by atoms with E-state index >= 15 is 0 Å². The first-order chi connectivity index (χ1) is 15.2. The lowest BCUT2D eigenvalue weighted by molar-refractivity contribution is -0.120. The van der Waals surface area contributed by atoms with Gasteiger partial charge in [0, 0.05) is 12.1 Å². The van der Waals surface area contributed by atoms with Gasteiger partial charge in [0.25, 0.3) is 5.91 Å². The largest absolute Gasteiger partial charge is 0.493 e. The van der Waals surface area contributed by atoms with Crippen LogP contribution in [0.3, 0.4) is 0 Å². The van der Waals surface area contributed by atoms with Gasteiger partial charge in [0.1, 0.15) is 12.7 Å². The number of nitrogens with one attached hydrogen (secondary N) is 2. The smallest absolute Gasteiger partial charge is 0.251 e. The molecule has 0 radical (unpaired) electrons. The Morgan fingerprint density at radius 1 is 0.969 bits per heavy atom. The van der Waals surface area contributed by atoms with E-state index in [0.717, 1.165) is 5.56 Å². The Hall–Kier alpha value is -3.26. The SMILES string of the molecule is COc1cccc(OC)c1OCC(O)CNC(=O)CNC(=O)c1ccc(C(C)(C)C)cc1. The van der Waals surface area contributed by atoms with Crippen LogP contribution in [0.2, 0.25) is 0 Å². The Bertz CT molecular complexity index is 883. The second-order valence-corrected chi connectivity index (χ2v) is 8.27. The number of aliphatic hydroxyl groups excluding tert-OH is 1. The highest BCUT2D eigenvalue weighted by atomic mass is 16.5. The van der Waals surface area contributed by atoms with Crippen LogP contribution in [0.5, 0.6) is 17.2 Å². The van der Waals surface area contributed by atoms with Crippen molar-refractivity contribution < 1.29 is 28.9 Å². The summed E-state index contributed by atoms with van der Waals surface area (Å²) in [7, 11) is 3.01. The normalized spacial score (nSPS) is 11.9. The molecule has 8 nitrogen and oxygen atoms in total. The van der Waals surface area contributed by atoms with E-state index in [4.69, 9.17) is 14.2 Å². The number of carbonyl (C=O) groups excluding carboxylic acids is 2. The summed E-state index contributed by atoms with van der Waals surface area (Å²) >= 11 is 0. The van der Waals surface area contributed by atoms with Crippen molar-refractivity contribution in [3.05, 3.63) is 53.6 Å². The molecule has 0 fully saturated rings. The van der Waals surface area contributed by atoms with Crippen LogP contribution in [0, 0.1) is 0 Å². The third kappa shape index (κ3) is 7.16. The number of methoxy groups -OCH3 is 2. The van der Waals surface area contributed by atoms with Crippen molar-refractivity contribution in [1.82, 2.24) is 10.6 Å². The van der Waals surface area contributed by atoms with Crippen LogP contribution in [0.15, 0.2) is 42.5 Å². The molecule has 0 saturated carbocycles. The molecule has 2 rings (SSSR count). The van der Waals surface area contributed by atoms with Gasteiger partial charge in [-0.25, -0.2) is 0 Å². The van der Waals surface area contributed by atoms with Crippen LogP contribution < -0.4 is 24.8 Å². The highest BCUT2D eigenvalue weighted by Gasteiger charge is 2.16. The maximum Gasteiger partial charge on any atom is 0.251 e. The van der Waals surface area contributed by atoms with Crippen molar-refractivity contribution in [3.8, 4) is 17.2 Å². The van der Waals surface area contributed by atoms with E-state index in [1.54, 1.807) is 30.3 Å². The minimum Gasteiger partial charge on any atom is -0.493 e. The van der Waals surface area contributed by atoms with Crippen molar-refractivity contribution in [1.29, 1.82) is 0 Å². The first-order valence-electron chi connectivity index (χ1n) is 10.3. The van der Waals surface area contributed by atoms with E-state index < -0.39 is 12.0 Å². The summed E-state index contributed by atoms with van der Waals surface area (Å²) in [5.74, 6) is 0.552. The van der Waals surface area contributed by atoms with E-state index in [2.05, 4.69) is 31.4 Å². The van der Waals surface area contributed by atoms with Gasteiger partial charge in [-0.1, -0.05) is 39.0 Å². The maximum absolute atomic E-state index is 12.2. The summed E-state index contributed by atoms with van der Waals surface area (Å²) in [6, 6.07) is 12.5. The van der Waals surface area contributed by atoms with Crippen molar-refractivity contribution >= 4 is 11.8 Å². The molecule has 0 aliphatic heterocycles.